The van der Waals surface area contributed by atoms with Gasteiger partial charge in [0.2, 0.25) is 0 Å². The molecule has 0 N–H and O–H groups in total. The molecule has 2 heteroatoms. The van der Waals surface area contributed by atoms with E-state index in [-0.39, 0.29) is 10.6 Å². The predicted octanol–water partition coefficient (Wildman–Crippen LogP) is 3.25. The van der Waals surface area contributed by atoms with Crippen molar-refractivity contribution in [3.05, 3.63) is 29.6 Å². The number of hydrogen-bond acceptors (Lipinski definition) is 1. The van der Waals surface area contributed by atoms with Gasteiger partial charge in [-0.3, -0.25) is 0 Å². The van der Waals surface area contributed by atoms with Gasteiger partial charge >= 0.3 is 0 Å². The largest absolute Gasteiger partial charge is 0.207 e. The summed E-state index contributed by atoms with van der Waals surface area (Å²) in [5, 5.41) is 0. The van der Waals surface area contributed by atoms with E-state index in [1.165, 1.54) is 5.56 Å². The minimum atomic E-state index is -0.126. The molecule has 0 fully saturated rings. The SMILES string of the molecule is CC1(C)Cc2ccc(F)cc2S1. The van der Waals surface area contributed by atoms with Gasteiger partial charge < -0.3 is 0 Å². The zero-order chi connectivity index (χ0) is 8.77. The van der Waals surface area contributed by atoms with Crippen LogP contribution in [0.5, 0.6) is 0 Å². The van der Waals surface area contributed by atoms with Gasteiger partial charge in [-0.2, -0.15) is 0 Å². The van der Waals surface area contributed by atoms with Crippen LogP contribution in [0.2, 0.25) is 0 Å². The van der Waals surface area contributed by atoms with Crippen molar-refractivity contribution in [1.82, 2.24) is 0 Å². The first kappa shape index (κ1) is 8.11. The van der Waals surface area contributed by atoms with Gasteiger partial charge in [-0.15, -0.1) is 11.8 Å². The number of hydrogen-bond donors (Lipinski definition) is 0. The molecule has 0 aromatic heterocycles. The third kappa shape index (κ3) is 1.36. The van der Waals surface area contributed by atoms with E-state index in [1.54, 1.807) is 23.9 Å². The van der Waals surface area contributed by atoms with Crippen molar-refractivity contribution < 1.29 is 4.39 Å². The summed E-state index contributed by atoms with van der Waals surface area (Å²) in [6.45, 7) is 4.38. The van der Waals surface area contributed by atoms with Crippen LogP contribution in [0.3, 0.4) is 0 Å². The normalized spacial score (nSPS) is 19.2. The van der Waals surface area contributed by atoms with Gasteiger partial charge in [0, 0.05) is 9.64 Å². The van der Waals surface area contributed by atoms with Crippen LogP contribution in [0.1, 0.15) is 19.4 Å². The van der Waals surface area contributed by atoms with E-state index in [2.05, 4.69) is 13.8 Å². The summed E-state index contributed by atoms with van der Waals surface area (Å²) < 4.78 is 13.0. The Bertz CT molecular complexity index is 318. The molecule has 1 aliphatic rings. The van der Waals surface area contributed by atoms with Crippen molar-refractivity contribution >= 4 is 11.8 Å². The first-order valence-corrected chi connectivity index (χ1v) is 4.86. The Morgan fingerprint density at radius 3 is 2.92 bits per heavy atom. The minimum Gasteiger partial charge on any atom is -0.207 e. The second-order valence-corrected chi connectivity index (χ2v) is 5.54. The molecule has 0 amide bonds. The van der Waals surface area contributed by atoms with Gasteiger partial charge in [0.1, 0.15) is 5.82 Å². The highest BCUT2D eigenvalue weighted by Gasteiger charge is 2.29. The quantitative estimate of drug-likeness (QED) is 0.593. The number of rotatable bonds is 0. The zero-order valence-electron chi connectivity index (χ0n) is 7.23. The van der Waals surface area contributed by atoms with E-state index in [0.717, 1.165) is 11.3 Å². The van der Waals surface area contributed by atoms with Crippen LogP contribution in [0.4, 0.5) is 4.39 Å². The molecule has 1 aromatic carbocycles. The second-order valence-electron chi connectivity index (χ2n) is 3.79. The molecule has 12 heavy (non-hydrogen) atoms. The van der Waals surface area contributed by atoms with E-state index in [0.29, 0.717) is 0 Å². The maximum Gasteiger partial charge on any atom is 0.124 e. The summed E-state index contributed by atoms with van der Waals surface area (Å²) in [5.74, 6) is -0.126. The lowest BCUT2D eigenvalue weighted by Gasteiger charge is -2.13. The molecular formula is C10H11FS. The molecule has 0 nitrogen and oxygen atoms in total. The van der Waals surface area contributed by atoms with Crippen LogP contribution in [-0.2, 0) is 6.42 Å². The standard InChI is InChI=1S/C10H11FS/c1-10(2)6-7-3-4-8(11)5-9(7)12-10/h3-5H,6H2,1-2H3. The van der Waals surface area contributed by atoms with Crippen molar-refractivity contribution in [1.29, 1.82) is 0 Å². The fourth-order valence-corrected chi connectivity index (χ4v) is 2.83. The van der Waals surface area contributed by atoms with Crippen LogP contribution in [-0.4, -0.2) is 4.75 Å². The number of halogens is 1. The Kier molecular flexibility index (Phi) is 1.69. The topological polar surface area (TPSA) is 0 Å². The average Bonchev–Trinajstić information content (AvgIpc) is 2.21. The van der Waals surface area contributed by atoms with E-state index in [1.807, 2.05) is 6.07 Å². The lowest BCUT2D eigenvalue weighted by atomic mass is 10.0. The average molecular weight is 182 g/mol. The molecular weight excluding hydrogens is 171 g/mol. The monoisotopic (exact) mass is 182 g/mol. The smallest absolute Gasteiger partial charge is 0.124 e. The van der Waals surface area contributed by atoms with Crippen LogP contribution >= 0.6 is 11.8 Å². The third-order valence-electron chi connectivity index (χ3n) is 2.03. The first-order chi connectivity index (χ1) is 5.57. The maximum absolute atomic E-state index is 12.8. The summed E-state index contributed by atoms with van der Waals surface area (Å²) in [4.78, 5) is 1.11. The molecule has 0 bridgehead atoms. The molecule has 1 aromatic rings. The van der Waals surface area contributed by atoms with Gasteiger partial charge in [-0.05, 0) is 24.1 Å². The summed E-state index contributed by atoms with van der Waals surface area (Å²) in [6, 6.07) is 5.07. The van der Waals surface area contributed by atoms with Crippen LogP contribution in [0.15, 0.2) is 23.1 Å². The second kappa shape index (κ2) is 2.49. The molecule has 0 unspecified atom stereocenters. The van der Waals surface area contributed by atoms with Crippen LogP contribution < -0.4 is 0 Å². The van der Waals surface area contributed by atoms with Crippen molar-refractivity contribution in [2.24, 2.45) is 0 Å². The van der Waals surface area contributed by atoms with Gasteiger partial charge in [0.15, 0.2) is 0 Å². The Balaban J connectivity index is 2.43. The summed E-state index contributed by atoms with van der Waals surface area (Å²) in [5.41, 5.74) is 1.28. The van der Waals surface area contributed by atoms with Gasteiger partial charge in [0.25, 0.3) is 0 Å². The minimum absolute atomic E-state index is 0.126. The Morgan fingerprint density at radius 1 is 1.42 bits per heavy atom. The van der Waals surface area contributed by atoms with Crippen molar-refractivity contribution in [2.75, 3.05) is 0 Å². The van der Waals surface area contributed by atoms with E-state index in [9.17, 15) is 4.39 Å². The fourth-order valence-electron chi connectivity index (χ4n) is 1.56. The number of benzene rings is 1. The number of fused-ring (bicyclic) bond motifs is 1. The van der Waals surface area contributed by atoms with Crippen LogP contribution in [0, 0.1) is 5.82 Å². The van der Waals surface area contributed by atoms with E-state index >= 15 is 0 Å². The molecule has 0 radical (unpaired) electrons. The first-order valence-electron chi connectivity index (χ1n) is 4.04. The molecule has 2 rings (SSSR count). The molecule has 64 valence electrons. The van der Waals surface area contributed by atoms with Gasteiger partial charge in [-0.1, -0.05) is 19.9 Å². The number of thioether (sulfide) groups is 1. The molecule has 0 atom stereocenters. The highest BCUT2D eigenvalue weighted by Crippen LogP contribution is 2.44. The van der Waals surface area contributed by atoms with Gasteiger partial charge in [-0.25, -0.2) is 4.39 Å². The van der Waals surface area contributed by atoms with E-state index in [4.69, 9.17) is 0 Å². The third-order valence-corrected chi connectivity index (χ3v) is 3.33. The molecule has 0 saturated heterocycles. The highest BCUT2D eigenvalue weighted by atomic mass is 32.2. The lowest BCUT2D eigenvalue weighted by molar-refractivity contribution is 0.622. The van der Waals surface area contributed by atoms with E-state index < -0.39 is 0 Å². The summed E-state index contributed by atoms with van der Waals surface area (Å²) >= 11 is 1.77. The zero-order valence-corrected chi connectivity index (χ0v) is 8.04. The maximum atomic E-state index is 12.8. The van der Waals surface area contributed by atoms with Crippen molar-refractivity contribution in [2.45, 2.75) is 29.9 Å². The predicted molar refractivity (Wildman–Crippen MR) is 50.0 cm³/mol. The van der Waals surface area contributed by atoms with Crippen molar-refractivity contribution in [3.63, 3.8) is 0 Å². The molecule has 0 saturated carbocycles. The molecule has 1 heterocycles. The molecule has 0 spiro atoms. The highest BCUT2D eigenvalue weighted by molar-refractivity contribution is 8.01. The lowest BCUT2D eigenvalue weighted by Crippen LogP contribution is -2.11. The fraction of sp³-hybridized carbons (Fsp3) is 0.400. The van der Waals surface area contributed by atoms with Crippen molar-refractivity contribution in [3.8, 4) is 0 Å². The Morgan fingerprint density at radius 2 is 2.17 bits per heavy atom. The Labute approximate surface area is 76.2 Å². The Hall–Kier alpha value is -0.500. The summed E-state index contributed by atoms with van der Waals surface area (Å²) in [6.07, 6.45) is 1.05. The molecule has 0 aliphatic carbocycles. The van der Waals surface area contributed by atoms with Crippen LogP contribution in [0.25, 0.3) is 0 Å². The summed E-state index contributed by atoms with van der Waals surface area (Å²) in [7, 11) is 0. The van der Waals surface area contributed by atoms with Gasteiger partial charge in [0.05, 0.1) is 0 Å². The molecule has 1 aliphatic heterocycles.